The fraction of sp³-hybridized carbons (Fsp3) is 0.312. The molecule has 0 saturated heterocycles. The van der Waals surface area contributed by atoms with Crippen LogP contribution in [0.2, 0.25) is 0 Å². The van der Waals surface area contributed by atoms with Crippen LogP contribution in [0.1, 0.15) is 34.8 Å². The first-order chi connectivity index (χ1) is 10.5. The van der Waals surface area contributed by atoms with Crippen LogP contribution in [0.4, 0.5) is 10.2 Å². The molecule has 1 atom stereocenters. The van der Waals surface area contributed by atoms with Crippen LogP contribution in [0.5, 0.6) is 0 Å². The fourth-order valence-corrected chi connectivity index (χ4v) is 3.49. The van der Waals surface area contributed by atoms with Gasteiger partial charge in [-0.2, -0.15) is 0 Å². The van der Waals surface area contributed by atoms with Gasteiger partial charge in [0, 0.05) is 11.1 Å². The predicted octanol–water partition coefficient (Wildman–Crippen LogP) is 4.32. The van der Waals surface area contributed by atoms with Gasteiger partial charge in [-0.15, -0.1) is 11.3 Å². The standard InChI is InChI=1S/C16H17FN4S/c1-8-10(3)22-16-14(8)15(20-11(4)21-16)19-9(2)12-5-13(17)7-18-6-12/h5-7,9H,1-4H3,(H,19,20,21)/t9-/m0/s1. The first-order valence-electron chi connectivity index (χ1n) is 7.07. The van der Waals surface area contributed by atoms with E-state index in [0.29, 0.717) is 0 Å². The zero-order valence-corrected chi connectivity index (χ0v) is 13.8. The highest BCUT2D eigenvalue weighted by Crippen LogP contribution is 2.34. The van der Waals surface area contributed by atoms with Gasteiger partial charge < -0.3 is 5.32 Å². The van der Waals surface area contributed by atoms with Gasteiger partial charge in [-0.25, -0.2) is 14.4 Å². The molecule has 3 heterocycles. The minimum absolute atomic E-state index is 0.0969. The Labute approximate surface area is 132 Å². The van der Waals surface area contributed by atoms with E-state index in [1.165, 1.54) is 22.7 Å². The molecular formula is C16H17FN4S. The van der Waals surface area contributed by atoms with Crippen LogP contribution >= 0.6 is 11.3 Å². The van der Waals surface area contributed by atoms with E-state index < -0.39 is 0 Å². The number of aromatic nitrogens is 3. The number of nitrogens with zero attached hydrogens (tertiary/aromatic N) is 3. The van der Waals surface area contributed by atoms with Gasteiger partial charge in [0.05, 0.1) is 17.6 Å². The summed E-state index contributed by atoms with van der Waals surface area (Å²) < 4.78 is 13.3. The van der Waals surface area contributed by atoms with Crippen molar-refractivity contribution < 1.29 is 4.39 Å². The molecular weight excluding hydrogens is 299 g/mol. The Morgan fingerprint density at radius 3 is 2.68 bits per heavy atom. The molecule has 0 aromatic carbocycles. The second kappa shape index (κ2) is 5.61. The molecule has 1 N–H and O–H groups in total. The van der Waals surface area contributed by atoms with Crippen molar-refractivity contribution in [3.63, 3.8) is 0 Å². The Hall–Kier alpha value is -2.08. The van der Waals surface area contributed by atoms with E-state index in [1.807, 2.05) is 13.8 Å². The van der Waals surface area contributed by atoms with Crippen molar-refractivity contribution in [1.29, 1.82) is 0 Å². The molecule has 3 aromatic rings. The average Bonchev–Trinajstić information content (AvgIpc) is 2.73. The Morgan fingerprint density at radius 2 is 1.95 bits per heavy atom. The fourth-order valence-electron chi connectivity index (χ4n) is 2.41. The van der Waals surface area contributed by atoms with Gasteiger partial charge >= 0.3 is 0 Å². The maximum atomic E-state index is 13.3. The van der Waals surface area contributed by atoms with Crippen molar-refractivity contribution in [3.8, 4) is 0 Å². The van der Waals surface area contributed by atoms with Crippen LogP contribution in [-0.4, -0.2) is 15.0 Å². The molecule has 3 aromatic heterocycles. The van der Waals surface area contributed by atoms with E-state index in [9.17, 15) is 4.39 Å². The maximum absolute atomic E-state index is 13.3. The van der Waals surface area contributed by atoms with Gasteiger partial charge in [0.15, 0.2) is 0 Å². The molecule has 0 fully saturated rings. The maximum Gasteiger partial charge on any atom is 0.141 e. The summed E-state index contributed by atoms with van der Waals surface area (Å²) in [4.78, 5) is 15.2. The van der Waals surface area contributed by atoms with Gasteiger partial charge in [-0.3, -0.25) is 4.98 Å². The number of hydrogen-bond donors (Lipinski definition) is 1. The molecule has 6 heteroatoms. The molecule has 0 spiro atoms. The number of thiophene rings is 1. The van der Waals surface area contributed by atoms with Gasteiger partial charge in [0.1, 0.15) is 22.3 Å². The minimum atomic E-state index is -0.335. The number of pyridine rings is 1. The van der Waals surface area contributed by atoms with Crippen molar-refractivity contribution in [3.05, 3.63) is 46.1 Å². The second-order valence-electron chi connectivity index (χ2n) is 5.39. The van der Waals surface area contributed by atoms with Gasteiger partial charge in [0.25, 0.3) is 0 Å². The molecule has 22 heavy (non-hydrogen) atoms. The smallest absolute Gasteiger partial charge is 0.141 e. The quantitative estimate of drug-likeness (QED) is 0.781. The summed E-state index contributed by atoms with van der Waals surface area (Å²) in [5, 5.41) is 4.42. The van der Waals surface area contributed by atoms with Crippen molar-refractivity contribution in [2.24, 2.45) is 0 Å². The molecule has 3 rings (SSSR count). The van der Waals surface area contributed by atoms with E-state index in [4.69, 9.17) is 0 Å². The summed E-state index contributed by atoms with van der Waals surface area (Å²) in [5.41, 5.74) is 1.97. The zero-order valence-electron chi connectivity index (χ0n) is 12.9. The first-order valence-corrected chi connectivity index (χ1v) is 7.88. The minimum Gasteiger partial charge on any atom is -0.363 e. The summed E-state index contributed by atoms with van der Waals surface area (Å²) in [6.07, 6.45) is 2.87. The summed E-state index contributed by atoms with van der Waals surface area (Å²) in [7, 11) is 0. The van der Waals surface area contributed by atoms with Crippen LogP contribution in [0.25, 0.3) is 10.2 Å². The lowest BCUT2D eigenvalue weighted by Crippen LogP contribution is -2.10. The number of nitrogens with one attached hydrogen (secondary N) is 1. The predicted molar refractivity (Wildman–Crippen MR) is 87.9 cm³/mol. The highest BCUT2D eigenvalue weighted by molar-refractivity contribution is 7.18. The van der Waals surface area contributed by atoms with E-state index in [-0.39, 0.29) is 11.9 Å². The monoisotopic (exact) mass is 316 g/mol. The number of halogens is 1. The normalized spacial score (nSPS) is 12.6. The summed E-state index contributed by atoms with van der Waals surface area (Å²) in [5.74, 6) is 1.18. The lowest BCUT2D eigenvalue weighted by atomic mass is 10.1. The molecule has 0 aliphatic heterocycles. The summed E-state index contributed by atoms with van der Waals surface area (Å²) in [6, 6.07) is 1.39. The number of anilines is 1. The molecule has 0 amide bonds. The molecule has 4 nitrogen and oxygen atoms in total. The Balaban J connectivity index is 2.03. The van der Waals surface area contributed by atoms with E-state index in [2.05, 4.69) is 34.1 Å². The van der Waals surface area contributed by atoms with Crippen LogP contribution < -0.4 is 5.32 Å². The third-order valence-electron chi connectivity index (χ3n) is 3.72. The van der Waals surface area contributed by atoms with Crippen molar-refractivity contribution in [2.75, 3.05) is 5.32 Å². The third-order valence-corrected chi connectivity index (χ3v) is 4.82. The van der Waals surface area contributed by atoms with Crippen LogP contribution in [0.15, 0.2) is 18.5 Å². The Kier molecular flexibility index (Phi) is 3.78. The highest BCUT2D eigenvalue weighted by atomic mass is 32.1. The SMILES string of the molecule is Cc1nc(N[C@@H](C)c2cncc(F)c2)c2c(C)c(C)sc2n1. The number of rotatable bonds is 3. The van der Waals surface area contributed by atoms with Crippen LogP contribution in [0, 0.1) is 26.6 Å². The Bertz CT molecular complexity index is 844. The molecule has 0 saturated carbocycles. The summed E-state index contributed by atoms with van der Waals surface area (Å²) >= 11 is 1.67. The number of fused-ring (bicyclic) bond motifs is 1. The summed E-state index contributed by atoms with van der Waals surface area (Å²) in [6.45, 7) is 8.00. The zero-order chi connectivity index (χ0) is 15.9. The molecule has 0 unspecified atom stereocenters. The van der Waals surface area contributed by atoms with E-state index in [0.717, 1.165) is 27.4 Å². The van der Waals surface area contributed by atoms with Crippen molar-refractivity contribution in [1.82, 2.24) is 15.0 Å². The molecule has 114 valence electrons. The molecule has 0 aliphatic rings. The third kappa shape index (κ3) is 2.66. The average molecular weight is 316 g/mol. The highest BCUT2D eigenvalue weighted by Gasteiger charge is 2.16. The molecule has 0 bridgehead atoms. The van der Waals surface area contributed by atoms with Gasteiger partial charge in [0.2, 0.25) is 0 Å². The first kappa shape index (κ1) is 14.8. The van der Waals surface area contributed by atoms with Crippen molar-refractivity contribution in [2.45, 2.75) is 33.7 Å². The van der Waals surface area contributed by atoms with Gasteiger partial charge in [-0.1, -0.05) is 0 Å². The van der Waals surface area contributed by atoms with Gasteiger partial charge in [-0.05, 0) is 44.9 Å². The Morgan fingerprint density at radius 1 is 1.18 bits per heavy atom. The number of aryl methyl sites for hydroxylation is 3. The van der Waals surface area contributed by atoms with Crippen LogP contribution in [0.3, 0.4) is 0 Å². The van der Waals surface area contributed by atoms with E-state index in [1.54, 1.807) is 17.5 Å². The van der Waals surface area contributed by atoms with Crippen molar-refractivity contribution >= 4 is 27.4 Å². The molecule has 0 aliphatic carbocycles. The largest absolute Gasteiger partial charge is 0.363 e. The van der Waals surface area contributed by atoms with E-state index >= 15 is 0 Å². The number of hydrogen-bond acceptors (Lipinski definition) is 5. The molecule has 0 radical (unpaired) electrons. The second-order valence-corrected chi connectivity index (χ2v) is 6.59. The van der Waals surface area contributed by atoms with Crippen LogP contribution in [-0.2, 0) is 0 Å². The lowest BCUT2D eigenvalue weighted by molar-refractivity contribution is 0.616. The topological polar surface area (TPSA) is 50.7 Å². The lowest BCUT2D eigenvalue weighted by Gasteiger charge is -2.16.